The quantitative estimate of drug-likeness (QED) is 0.449. The van der Waals surface area contributed by atoms with Gasteiger partial charge in [-0.2, -0.15) is 5.26 Å². The normalized spacial score (nSPS) is 14.1. The number of hydrogen-bond acceptors (Lipinski definition) is 7. The molecule has 0 saturated carbocycles. The van der Waals surface area contributed by atoms with Crippen molar-refractivity contribution in [3.05, 3.63) is 81.5 Å². The van der Waals surface area contributed by atoms with E-state index in [9.17, 15) is 10.1 Å². The van der Waals surface area contributed by atoms with E-state index < -0.39 is 0 Å². The Morgan fingerprint density at radius 1 is 1.03 bits per heavy atom. The molecule has 4 aromatic rings. The number of aromatic nitrogens is 3. The average molecular weight is 480 g/mol. The number of nitrogens with zero attached hydrogens (tertiary/aromatic N) is 5. The monoisotopic (exact) mass is 479 g/mol. The summed E-state index contributed by atoms with van der Waals surface area (Å²) in [7, 11) is 2.14. The van der Waals surface area contributed by atoms with Gasteiger partial charge in [0.05, 0.1) is 11.6 Å². The number of nitriles is 1. The highest BCUT2D eigenvalue weighted by molar-refractivity contribution is 5.98. The van der Waals surface area contributed by atoms with Gasteiger partial charge in [-0.25, -0.2) is 9.97 Å². The molecule has 4 heterocycles. The number of aromatic amines is 1. The summed E-state index contributed by atoms with van der Waals surface area (Å²) in [5.41, 5.74) is 4.73. The van der Waals surface area contributed by atoms with E-state index in [1.54, 1.807) is 6.20 Å². The van der Waals surface area contributed by atoms with Crippen molar-refractivity contribution in [1.29, 1.82) is 5.26 Å². The van der Waals surface area contributed by atoms with Crippen LogP contribution in [-0.4, -0.2) is 53.1 Å². The van der Waals surface area contributed by atoms with Gasteiger partial charge in [0.25, 0.3) is 5.56 Å². The maximum atomic E-state index is 12.5. The van der Waals surface area contributed by atoms with Crippen LogP contribution in [0.3, 0.4) is 0 Å². The van der Waals surface area contributed by atoms with E-state index >= 15 is 0 Å². The molecule has 182 valence electrons. The number of H-pyrrole nitrogens is 1. The van der Waals surface area contributed by atoms with Crippen molar-refractivity contribution in [2.75, 3.05) is 43.4 Å². The first-order valence-corrected chi connectivity index (χ1v) is 12.1. The van der Waals surface area contributed by atoms with Crippen LogP contribution >= 0.6 is 0 Å². The molecule has 0 spiro atoms. The van der Waals surface area contributed by atoms with Gasteiger partial charge in [-0.05, 0) is 68.4 Å². The van der Waals surface area contributed by atoms with E-state index in [1.807, 2.05) is 50.4 Å². The summed E-state index contributed by atoms with van der Waals surface area (Å²) in [6.07, 6.45) is 3.55. The lowest BCUT2D eigenvalue weighted by Gasteiger charge is -2.33. The first-order valence-electron chi connectivity index (χ1n) is 12.1. The third kappa shape index (κ3) is 4.66. The summed E-state index contributed by atoms with van der Waals surface area (Å²) in [5, 5.41) is 14.8. The molecule has 0 radical (unpaired) electrons. The van der Waals surface area contributed by atoms with Gasteiger partial charge in [-0.1, -0.05) is 0 Å². The second-order valence-corrected chi connectivity index (χ2v) is 9.38. The van der Waals surface area contributed by atoms with Gasteiger partial charge in [-0.3, -0.25) is 4.79 Å². The molecule has 0 unspecified atom stereocenters. The van der Waals surface area contributed by atoms with Crippen molar-refractivity contribution in [3.63, 3.8) is 0 Å². The van der Waals surface area contributed by atoms with Crippen molar-refractivity contribution in [1.82, 2.24) is 19.9 Å². The highest BCUT2D eigenvalue weighted by Crippen LogP contribution is 2.31. The van der Waals surface area contributed by atoms with Gasteiger partial charge in [0, 0.05) is 72.7 Å². The first kappa shape index (κ1) is 23.5. The molecule has 0 atom stereocenters. The highest BCUT2D eigenvalue weighted by atomic mass is 16.1. The Hall–Kier alpha value is -4.22. The molecule has 3 aromatic heterocycles. The second-order valence-electron chi connectivity index (χ2n) is 9.38. The zero-order chi connectivity index (χ0) is 25.2. The Labute approximate surface area is 210 Å². The fourth-order valence-electron chi connectivity index (χ4n) is 4.74. The van der Waals surface area contributed by atoms with Crippen LogP contribution in [0.15, 0.2) is 53.6 Å². The predicted molar refractivity (Wildman–Crippen MR) is 143 cm³/mol. The van der Waals surface area contributed by atoms with E-state index in [4.69, 9.17) is 4.98 Å². The van der Waals surface area contributed by atoms with Crippen LogP contribution < -0.4 is 15.8 Å². The van der Waals surface area contributed by atoms with Crippen LogP contribution in [0, 0.1) is 25.2 Å². The van der Waals surface area contributed by atoms with Crippen LogP contribution in [0.5, 0.6) is 0 Å². The Bertz CT molecular complexity index is 1510. The molecule has 2 N–H and O–H groups in total. The number of piperazine rings is 1. The molecule has 1 aliphatic rings. The Morgan fingerprint density at radius 3 is 2.53 bits per heavy atom. The summed E-state index contributed by atoms with van der Waals surface area (Å²) in [6.45, 7) is 8.10. The summed E-state index contributed by atoms with van der Waals surface area (Å²) < 4.78 is 0. The molecule has 8 nitrogen and oxygen atoms in total. The van der Waals surface area contributed by atoms with Gasteiger partial charge >= 0.3 is 0 Å². The van der Waals surface area contributed by atoms with Crippen LogP contribution in [0.1, 0.15) is 22.4 Å². The van der Waals surface area contributed by atoms with Crippen LogP contribution in [0.25, 0.3) is 21.9 Å². The number of rotatable bonds is 5. The lowest BCUT2D eigenvalue weighted by molar-refractivity contribution is 0.312. The van der Waals surface area contributed by atoms with Crippen LogP contribution in [0.4, 0.5) is 11.6 Å². The molecule has 0 aliphatic carbocycles. The van der Waals surface area contributed by atoms with E-state index in [-0.39, 0.29) is 5.56 Å². The van der Waals surface area contributed by atoms with E-state index in [1.165, 1.54) is 0 Å². The van der Waals surface area contributed by atoms with Crippen molar-refractivity contribution in [3.8, 4) is 17.2 Å². The number of likely N-dealkylation sites (N-methyl/N-ethyl adjacent to an activating group) is 1. The lowest BCUT2D eigenvalue weighted by atomic mass is 9.98. The standard InChI is InChI=1S/C28H29N7O/c1-18-12-19(2)33-28(36)25(18)17-32-27-24-14-21(13-22(15-29)23(24)6-7-30-27)20-4-5-26(31-16-20)35-10-8-34(3)9-11-35/h4-7,12-14,16H,8-11,17H2,1-3H3,(H,30,32)(H,33,36). The molecule has 0 bridgehead atoms. The lowest BCUT2D eigenvalue weighted by Crippen LogP contribution is -2.44. The van der Waals surface area contributed by atoms with Crippen LogP contribution in [-0.2, 0) is 6.54 Å². The molecule has 1 aromatic carbocycles. The summed E-state index contributed by atoms with van der Waals surface area (Å²) in [5.74, 6) is 1.60. The number of fused-ring (bicyclic) bond motifs is 1. The van der Waals surface area contributed by atoms with Crippen molar-refractivity contribution in [2.24, 2.45) is 0 Å². The zero-order valence-electron chi connectivity index (χ0n) is 20.8. The topological polar surface area (TPSA) is 101 Å². The molecular weight excluding hydrogens is 450 g/mol. The van der Waals surface area contributed by atoms with Crippen molar-refractivity contribution in [2.45, 2.75) is 20.4 Å². The molecule has 5 rings (SSSR count). The molecule has 1 saturated heterocycles. The fourth-order valence-corrected chi connectivity index (χ4v) is 4.74. The van der Waals surface area contributed by atoms with E-state index in [0.717, 1.165) is 65.2 Å². The van der Waals surface area contributed by atoms with Gasteiger partial charge in [-0.15, -0.1) is 0 Å². The maximum Gasteiger partial charge on any atom is 0.253 e. The maximum absolute atomic E-state index is 12.5. The van der Waals surface area contributed by atoms with E-state index in [0.29, 0.717) is 23.5 Å². The number of aryl methyl sites for hydroxylation is 2. The summed E-state index contributed by atoms with van der Waals surface area (Å²) in [4.78, 5) is 29.2. The molecule has 0 amide bonds. The van der Waals surface area contributed by atoms with E-state index in [2.05, 4.69) is 44.3 Å². The molecule has 1 aliphatic heterocycles. The Kier molecular flexibility index (Phi) is 6.40. The number of benzene rings is 1. The number of hydrogen-bond donors (Lipinski definition) is 2. The largest absolute Gasteiger partial charge is 0.365 e. The minimum atomic E-state index is -0.106. The summed E-state index contributed by atoms with van der Waals surface area (Å²) in [6, 6.07) is 14.2. The number of pyridine rings is 3. The summed E-state index contributed by atoms with van der Waals surface area (Å²) >= 11 is 0. The third-order valence-electron chi connectivity index (χ3n) is 6.84. The third-order valence-corrected chi connectivity index (χ3v) is 6.84. The highest BCUT2D eigenvalue weighted by Gasteiger charge is 2.16. The number of anilines is 2. The molecule has 8 heteroatoms. The van der Waals surface area contributed by atoms with Gasteiger partial charge in [0.15, 0.2) is 0 Å². The van der Waals surface area contributed by atoms with Crippen molar-refractivity contribution >= 4 is 22.4 Å². The first-order chi connectivity index (χ1) is 17.4. The fraction of sp³-hybridized carbons (Fsp3) is 0.286. The second kappa shape index (κ2) is 9.80. The van der Waals surface area contributed by atoms with Crippen molar-refractivity contribution < 1.29 is 0 Å². The van der Waals surface area contributed by atoms with Gasteiger partial charge in [0.1, 0.15) is 11.6 Å². The van der Waals surface area contributed by atoms with Crippen LogP contribution in [0.2, 0.25) is 0 Å². The SMILES string of the molecule is Cc1cc(C)c(CNc2nccc3c(C#N)cc(-c4ccc(N5CCN(C)CC5)nc4)cc23)c(=O)[nH]1. The minimum absolute atomic E-state index is 0.106. The average Bonchev–Trinajstić information content (AvgIpc) is 2.88. The predicted octanol–water partition coefficient (Wildman–Crippen LogP) is 3.84. The number of nitrogens with one attached hydrogen (secondary N) is 2. The molecule has 36 heavy (non-hydrogen) atoms. The Balaban J connectivity index is 1.47. The Morgan fingerprint density at radius 2 is 1.83 bits per heavy atom. The van der Waals surface area contributed by atoms with Gasteiger partial charge < -0.3 is 20.1 Å². The minimum Gasteiger partial charge on any atom is -0.365 e. The zero-order valence-corrected chi connectivity index (χ0v) is 20.8. The smallest absolute Gasteiger partial charge is 0.253 e. The van der Waals surface area contributed by atoms with Gasteiger partial charge in [0.2, 0.25) is 0 Å². The molecule has 1 fully saturated rings. The molecular formula is C28H29N7O.